The van der Waals surface area contributed by atoms with Gasteiger partial charge in [0.15, 0.2) is 6.54 Å². The van der Waals surface area contributed by atoms with Crippen molar-refractivity contribution < 1.29 is 18.8 Å². The van der Waals surface area contributed by atoms with E-state index in [1.165, 1.54) is 68.9 Å². The number of nitrogens with zero attached hydrogens (tertiary/aromatic N) is 1. The monoisotopic (exact) mass is 496 g/mol. The van der Waals surface area contributed by atoms with E-state index in [2.05, 4.69) is 58.3 Å². The molecule has 4 nitrogen and oxygen atoms in total. The predicted molar refractivity (Wildman–Crippen MR) is 150 cm³/mol. The lowest BCUT2D eigenvalue weighted by molar-refractivity contribution is -0.896. The van der Waals surface area contributed by atoms with Gasteiger partial charge in [0.2, 0.25) is 0 Å². The van der Waals surface area contributed by atoms with Crippen LogP contribution in [-0.2, 0) is 22.5 Å². The lowest BCUT2D eigenvalue weighted by atomic mass is 10.0. The molecule has 2 aromatic carbocycles. The van der Waals surface area contributed by atoms with Crippen LogP contribution in [-0.4, -0.2) is 43.8 Å². The largest absolute Gasteiger partial charge is 0.490 e. The molecule has 0 aromatic heterocycles. The first-order valence-corrected chi connectivity index (χ1v) is 14.2. The Morgan fingerprint density at radius 1 is 0.833 bits per heavy atom. The number of aryl methyl sites for hydroxylation is 1. The molecule has 1 atom stereocenters. The van der Waals surface area contributed by atoms with Crippen molar-refractivity contribution in [3.05, 3.63) is 65.7 Å². The zero-order chi connectivity index (χ0) is 26.1. The number of unbranched alkanes of at least 4 members (excludes halogenated alkanes) is 8. The van der Waals surface area contributed by atoms with Gasteiger partial charge in [0.05, 0.1) is 26.8 Å². The normalized spacial score (nSPS) is 12.3. The Morgan fingerprint density at radius 2 is 1.44 bits per heavy atom. The number of carbonyl (C=O) groups is 1. The number of ether oxygens (including phenoxy) is 2. The number of esters is 1. The first-order valence-electron chi connectivity index (χ1n) is 14.2. The van der Waals surface area contributed by atoms with Crippen LogP contribution < -0.4 is 4.74 Å². The van der Waals surface area contributed by atoms with Crippen molar-refractivity contribution >= 4 is 5.97 Å². The van der Waals surface area contributed by atoms with Crippen molar-refractivity contribution in [2.24, 2.45) is 0 Å². The second-order valence-corrected chi connectivity index (χ2v) is 10.9. The zero-order valence-corrected chi connectivity index (χ0v) is 23.3. The van der Waals surface area contributed by atoms with Crippen molar-refractivity contribution in [3.8, 4) is 5.75 Å². The van der Waals surface area contributed by atoms with E-state index in [0.29, 0.717) is 24.1 Å². The highest BCUT2D eigenvalue weighted by molar-refractivity contribution is 5.70. The van der Waals surface area contributed by atoms with Crippen LogP contribution in [0.25, 0.3) is 0 Å². The van der Waals surface area contributed by atoms with Crippen LogP contribution in [0.3, 0.4) is 0 Å². The standard InChI is InChI=1S/C32H50NO3/c1-5-6-7-8-9-10-11-12-16-21-30-22-17-18-23-31(30)36-28(2)24-25-35-32(34)27-33(3,4)26-29-19-14-13-15-20-29/h13-15,17-20,22-23,28H,5-12,16,21,24-27H2,1-4H3/q+1. The van der Waals surface area contributed by atoms with E-state index in [9.17, 15) is 4.79 Å². The van der Waals surface area contributed by atoms with Crippen molar-refractivity contribution in [1.82, 2.24) is 0 Å². The minimum absolute atomic E-state index is 0.00566. The summed E-state index contributed by atoms with van der Waals surface area (Å²) in [6.07, 6.45) is 13.8. The minimum atomic E-state index is -0.158. The molecule has 0 N–H and O–H groups in total. The number of likely N-dealkylation sites (N-methyl/N-ethyl adjacent to an activating group) is 1. The van der Waals surface area contributed by atoms with E-state index in [4.69, 9.17) is 9.47 Å². The van der Waals surface area contributed by atoms with Crippen molar-refractivity contribution in [1.29, 1.82) is 0 Å². The van der Waals surface area contributed by atoms with Crippen LogP contribution >= 0.6 is 0 Å². The molecule has 0 bridgehead atoms. The summed E-state index contributed by atoms with van der Waals surface area (Å²) in [7, 11) is 4.12. The topological polar surface area (TPSA) is 35.5 Å². The highest BCUT2D eigenvalue weighted by Gasteiger charge is 2.22. The van der Waals surface area contributed by atoms with Crippen LogP contribution in [0.2, 0.25) is 0 Å². The molecule has 200 valence electrons. The Labute approximate surface area is 220 Å². The second-order valence-electron chi connectivity index (χ2n) is 10.9. The Morgan fingerprint density at radius 3 is 2.14 bits per heavy atom. The van der Waals surface area contributed by atoms with Crippen molar-refractivity contribution in [3.63, 3.8) is 0 Å². The molecule has 36 heavy (non-hydrogen) atoms. The third-order valence-corrected chi connectivity index (χ3v) is 6.65. The smallest absolute Gasteiger partial charge is 0.361 e. The number of rotatable bonds is 19. The Hall–Kier alpha value is -2.33. The average molecular weight is 497 g/mol. The van der Waals surface area contributed by atoms with E-state index < -0.39 is 0 Å². The first kappa shape index (κ1) is 29.9. The number of hydrogen-bond donors (Lipinski definition) is 0. The van der Waals surface area contributed by atoms with Crippen molar-refractivity contribution in [2.75, 3.05) is 27.2 Å². The minimum Gasteiger partial charge on any atom is -0.490 e. The summed E-state index contributed by atoms with van der Waals surface area (Å²) in [6, 6.07) is 18.6. The van der Waals surface area contributed by atoms with Gasteiger partial charge in [-0.05, 0) is 31.4 Å². The molecule has 2 rings (SSSR count). The summed E-state index contributed by atoms with van der Waals surface area (Å²) in [4.78, 5) is 12.4. The predicted octanol–water partition coefficient (Wildman–Crippen LogP) is 7.74. The van der Waals surface area contributed by atoms with E-state index in [1.807, 2.05) is 24.3 Å². The molecular formula is C32H50NO3+. The fourth-order valence-corrected chi connectivity index (χ4v) is 4.59. The van der Waals surface area contributed by atoms with Gasteiger partial charge >= 0.3 is 5.97 Å². The molecule has 0 aliphatic heterocycles. The Kier molecular flexibility index (Phi) is 14.3. The van der Waals surface area contributed by atoms with Crippen LogP contribution in [0.1, 0.15) is 89.2 Å². The van der Waals surface area contributed by atoms with Gasteiger partial charge in [-0.3, -0.25) is 0 Å². The van der Waals surface area contributed by atoms with Crippen LogP contribution in [0.15, 0.2) is 54.6 Å². The number of quaternary nitrogens is 1. The summed E-state index contributed by atoms with van der Waals surface area (Å²) in [5.41, 5.74) is 2.50. The second kappa shape index (κ2) is 17.2. The van der Waals surface area contributed by atoms with E-state index >= 15 is 0 Å². The molecule has 0 radical (unpaired) electrons. The molecule has 1 unspecified atom stereocenters. The SMILES string of the molecule is CCCCCCCCCCCc1ccccc1OC(C)CCOC(=O)C[N+](C)(C)Cc1ccccc1. The molecule has 0 aliphatic carbocycles. The highest BCUT2D eigenvalue weighted by atomic mass is 16.5. The van der Waals surface area contributed by atoms with E-state index in [0.717, 1.165) is 18.7 Å². The summed E-state index contributed by atoms with van der Waals surface area (Å²) in [6.45, 7) is 5.85. The molecule has 0 amide bonds. The van der Waals surface area contributed by atoms with Gasteiger partial charge < -0.3 is 14.0 Å². The van der Waals surface area contributed by atoms with Gasteiger partial charge in [-0.25, -0.2) is 4.79 Å². The number of carbonyl (C=O) groups excluding carboxylic acids is 1. The maximum atomic E-state index is 12.4. The molecular weight excluding hydrogens is 446 g/mol. The zero-order valence-electron chi connectivity index (χ0n) is 23.3. The van der Waals surface area contributed by atoms with E-state index in [1.54, 1.807) is 0 Å². The third kappa shape index (κ3) is 13.1. The molecule has 0 aliphatic rings. The molecule has 0 fully saturated rings. The average Bonchev–Trinajstić information content (AvgIpc) is 2.84. The van der Waals surface area contributed by atoms with Crippen LogP contribution in [0, 0.1) is 0 Å². The number of benzene rings is 2. The van der Waals surface area contributed by atoms with Gasteiger partial charge in [-0.15, -0.1) is 0 Å². The van der Waals surface area contributed by atoms with Crippen molar-refractivity contribution in [2.45, 2.75) is 97.1 Å². The quantitative estimate of drug-likeness (QED) is 0.113. The molecule has 0 saturated carbocycles. The third-order valence-electron chi connectivity index (χ3n) is 6.65. The van der Waals surface area contributed by atoms with Gasteiger partial charge in [-0.1, -0.05) is 107 Å². The summed E-state index contributed by atoms with van der Waals surface area (Å²) in [5, 5.41) is 0. The first-order chi connectivity index (χ1) is 17.4. The number of para-hydroxylation sites is 1. The summed E-state index contributed by atoms with van der Waals surface area (Å²) < 4.78 is 12.4. The Balaban J connectivity index is 1.64. The molecule has 0 saturated heterocycles. The van der Waals surface area contributed by atoms with Crippen LogP contribution in [0.4, 0.5) is 0 Å². The van der Waals surface area contributed by atoms with E-state index in [-0.39, 0.29) is 12.1 Å². The maximum absolute atomic E-state index is 12.4. The molecule has 2 aromatic rings. The maximum Gasteiger partial charge on any atom is 0.361 e. The lowest BCUT2D eigenvalue weighted by Crippen LogP contribution is -2.43. The van der Waals surface area contributed by atoms with Gasteiger partial charge in [0.25, 0.3) is 0 Å². The molecule has 4 heteroatoms. The Bertz CT molecular complexity index is 849. The van der Waals surface area contributed by atoms with Gasteiger partial charge in [0.1, 0.15) is 12.3 Å². The van der Waals surface area contributed by atoms with Gasteiger partial charge in [-0.2, -0.15) is 0 Å². The van der Waals surface area contributed by atoms with Gasteiger partial charge in [0, 0.05) is 12.0 Å². The molecule has 0 heterocycles. The highest BCUT2D eigenvalue weighted by Crippen LogP contribution is 2.23. The number of hydrogen-bond acceptors (Lipinski definition) is 3. The fraction of sp³-hybridized carbons (Fsp3) is 0.594. The molecule has 0 spiro atoms. The van der Waals surface area contributed by atoms with Crippen LogP contribution in [0.5, 0.6) is 5.75 Å². The summed E-state index contributed by atoms with van der Waals surface area (Å²) >= 11 is 0. The summed E-state index contributed by atoms with van der Waals surface area (Å²) in [5.74, 6) is 0.811. The fourth-order valence-electron chi connectivity index (χ4n) is 4.59. The lowest BCUT2D eigenvalue weighted by Gasteiger charge is -2.28.